The van der Waals surface area contributed by atoms with Crippen LogP contribution in [0.1, 0.15) is 16.7 Å². The lowest BCUT2D eigenvalue weighted by Gasteiger charge is -2.11. The van der Waals surface area contributed by atoms with Crippen molar-refractivity contribution in [3.8, 4) is 17.2 Å². The standard InChI is InChI=1S/C25H22O4/c1-27-22-17-20(14-13-19-9-5-3-6-10-19)23(24(18-22)28-2)15-16-25(26)29-21-11-7-4-8-12-21/h3-18H,1-2H3/b14-13+,16-15?. The zero-order chi connectivity index (χ0) is 20.5. The number of ether oxygens (including phenoxy) is 3. The van der Waals surface area contributed by atoms with Gasteiger partial charge >= 0.3 is 5.97 Å². The summed E-state index contributed by atoms with van der Waals surface area (Å²) >= 11 is 0. The van der Waals surface area contributed by atoms with Crippen molar-refractivity contribution in [3.63, 3.8) is 0 Å². The Kier molecular flexibility index (Phi) is 6.85. The van der Waals surface area contributed by atoms with E-state index in [1.807, 2.05) is 66.7 Å². The fraction of sp³-hybridized carbons (Fsp3) is 0.0800. The Morgan fingerprint density at radius 2 is 1.45 bits per heavy atom. The SMILES string of the molecule is COc1cc(/C=C/c2ccccc2)c(C=CC(=O)Oc2ccccc2)c(OC)c1. The third-order valence-electron chi connectivity index (χ3n) is 4.21. The molecular weight excluding hydrogens is 364 g/mol. The minimum Gasteiger partial charge on any atom is -0.497 e. The zero-order valence-corrected chi connectivity index (χ0v) is 16.4. The van der Waals surface area contributed by atoms with Crippen molar-refractivity contribution in [1.29, 1.82) is 0 Å². The van der Waals surface area contributed by atoms with Crippen LogP contribution in [0.25, 0.3) is 18.2 Å². The first-order chi connectivity index (χ1) is 14.2. The van der Waals surface area contributed by atoms with Crippen molar-refractivity contribution in [2.24, 2.45) is 0 Å². The third kappa shape index (κ3) is 5.59. The van der Waals surface area contributed by atoms with Crippen LogP contribution in [0, 0.1) is 0 Å². The van der Waals surface area contributed by atoms with Crippen LogP contribution >= 0.6 is 0 Å². The largest absolute Gasteiger partial charge is 0.497 e. The number of esters is 1. The average Bonchev–Trinajstić information content (AvgIpc) is 2.77. The van der Waals surface area contributed by atoms with Gasteiger partial charge in [0.2, 0.25) is 0 Å². The summed E-state index contributed by atoms with van der Waals surface area (Å²) in [6.45, 7) is 0. The number of benzene rings is 3. The molecule has 0 heterocycles. The molecule has 0 saturated carbocycles. The second-order valence-electron chi connectivity index (χ2n) is 6.14. The predicted octanol–water partition coefficient (Wildman–Crippen LogP) is 5.49. The molecule has 0 atom stereocenters. The highest BCUT2D eigenvalue weighted by Crippen LogP contribution is 2.31. The van der Waals surface area contributed by atoms with Crippen LogP contribution < -0.4 is 14.2 Å². The highest BCUT2D eigenvalue weighted by molar-refractivity contribution is 5.91. The first-order valence-corrected chi connectivity index (χ1v) is 9.13. The van der Waals surface area contributed by atoms with E-state index < -0.39 is 5.97 Å². The lowest BCUT2D eigenvalue weighted by molar-refractivity contribution is -0.128. The molecule has 0 saturated heterocycles. The number of hydrogen-bond acceptors (Lipinski definition) is 4. The van der Waals surface area contributed by atoms with Crippen LogP contribution in [0.3, 0.4) is 0 Å². The van der Waals surface area contributed by atoms with Crippen molar-refractivity contribution in [2.75, 3.05) is 14.2 Å². The third-order valence-corrected chi connectivity index (χ3v) is 4.21. The summed E-state index contributed by atoms with van der Waals surface area (Å²) in [7, 11) is 3.19. The van der Waals surface area contributed by atoms with Crippen molar-refractivity contribution in [3.05, 3.63) is 95.6 Å². The molecule has 0 aromatic heterocycles. The van der Waals surface area contributed by atoms with E-state index in [0.717, 1.165) is 16.7 Å². The summed E-state index contributed by atoms with van der Waals surface area (Å²) in [6.07, 6.45) is 7.03. The molecule has 0 aliphatic heterocycles. The Balaban J connectivity index is 1.91. The Morgan fingerprint density at radius 1 is 0.759 bits per heavy atom. The van der Waals surface area contributed by atoms with Gasteiger partial charge in [0.1, 0.15) is 17.2 Å². The molecule has 29 heavy (non-hydrogen) atoms. The maximum atomic E-state index is 12.2. The van der Waals surface area contributed by atoms with Gasteiger partial charge in [-0.1, -0.05) is 60.7 Å². The van der Waals surface area contributed by atoms with E-state index in [1.54, 1.807) is 38.5 Å². The molecule has 146 valence electrons. The molecule has 0 amide bonds. The smallest absolute Gasteiger partial charge is 0.336 e. The Labute approximate surface area is 170 Å². The maximum absolute atomic E-state index is 12.2. The Hall–Kier alpha value is -3.79. The summed E-state index contributed by atoms with van der Waals surface area (Å²) in [6, 6.07) is 22.6. The Bertz CT molecular complexity index is 1010. The van der Waals surface area contributed by atoms with Gasteiger partial charge in [-0.25, -0.2) is 4.79 Å². The second kappa shape index (κ2) is 9.95. The fourth-order valence-corrected chi connectivity index (χ4v) is 2.77. The van der Waals surface area contributed by atoms with Gasteiger partial charge in [-0.15, -0.1) is 0 Å². The maximum Gasteiger partial charge on any atom is 0.336 e. The molecule has 0 spiro atoms. The molecular formula is C25H22O4. The molecule has 0 radical (unpaired) electrons. The molecule has 3 rings (SSSR count). The van der Waals surface area contributed by atoms with E-state index in [1.165, 1.54) is 6.08 Å². The molecule has 4 heteroatoms. The van der Waals surface area contributed by atoms with Crippen molar-refractivity contribution in [1.82, 2.24) is 0 Å². The number of carbonyl (C=O) groups is 1. The molecule has 0 aliphatic rings. The van der Waals surface area contributed by atoms with Crippen LogP contribution in [0.15, 0.2) is 78.9 Å². The van der Waals surface area contributed by atoms with Crippen LogP contribution in [-0.4, -0.2) is 20.2 Å². The highest BCUT2D eigenvalue weighted by Gasteiger charge is 2.10. The molecule has 3 aromatic carbocycles. The van der Waals surface area contributed by atoms with Gasteiger partial charge in [0.15, 0.2) is 0 Å². The molecule has 0 unspecified atom stereocenters. The van der Waals surface area contributed by atoms with Gasteiger partial charge in [-0.3, -0.25) is 0 Å². The minimum absolute atomic E-state index is 0.466. The lowest BCUT2D eigenvalue weighted by Crippen LogP contribution is -2.03. The van der Waals surface area contributed by atoms with E-state index in [0.29, 0.717) is 17.2 Å². The monoisotopic (exact) mass is 386 g/mol. The molecule has 0 fully saturated rings. The summed E-state index contributed by atoms with van der Waals surface area (Å²) in [5.74, 6) is 1.29. The molecule has 0 N–H and O–H groups in total. The highest BCUT2D eigenvalue weighted by atomic mass is 16.5. The first kappa shape index (κ1) is 20.0. The summed E-state index contributed by atoms with van der Waals surface area (Å²) in [5.41, 5.74) is 2.67. The quantitative estimate of drug-likeness (QED) is 0.233. The lowest BCUT2D eigenvalue weighted by atomic mass is 10.0. The van der Waals surface area contributed by atoms with Gasteiger partial charge in [0.25, 0.3) is 0 Å². The van der Waals surface area contributed by atoms with Crippen LogP contribution in [0.4, 0.5) is 0 Å². The summed E-state index contributed by atoms with van der Waals surface area (Å²) in [4.78, 5) is 12.2. The fourth-order valence-electron chi connectivity index (χ4n) is 2.77. The number of rotatable bonds is 7. The van der Waals surface area contributed by atoms with Crippen molar-refractivity contribution in [2.45, 2.75) is 0 Å². The number of methoxy groups -OCH3 is 2. The Morgan fingerprint density at radius 3 is 2.10 bits per heavy atom. The van der Waals surface area contributed by atoms with Crippen molar-refractivity contribution < 1.29 is 19.0 Å². The van der Waals surface area contributed by atoms with Crippen LogP contribution in [0.5, 0.6) is 17.2 Å². The topological polar surface area (TPSA) is 44.8 Å². The zero-order valence-electron chi connectivity index (χ0n) is 16.4. The van der Waals surface area contributed by atoms with E-state index in [4.69, 9.17) is 14.2 Å². The number of carbonyl (C=O) groups excluding carboxylic acids is 1. The van der Waals surface area contributed by atoms with Crippen molar-refractivity contribution >= 4 is 24.2 Å². The normalized spacial score (nSPS) is 11.0. The van der Waals surface area contributed by atoms with E-state index in [2.05, 4.69) is 0 Å². The molecule has 3 aromatic rings. The minimum atomic E-state index is -0.466. The molecule has 0 bridgehead atoms. The van der Waals surface area contributed by atoms with E-state index in [9.17, 15) is 4.79 Å². The first-order valence-electron chi connectivity index (χ1n) is 9.13. The second-order valence-corrected chi connectivity index (χ2v) is 6.14. The van der Waals surface area contributed by atoms with Gasteiger partial charge < -0.3 is 14.2 Å². The van der Waals surface area contributed by atoms with Gasteiger partial charge in [-0.2, -0.15) is 0 Å². The summed E-state index contributed by atoms with van der Waals surface area (Å²) < 4.78 is 16.2. The van der Waals surface area contributed by atoms with Gasteiger partial charge in [-0.05, 0) is 35.4 Å². The van der Waals surface area contributed by atoms with E-state index >= 15 is 0 Å². The van der Waals surface area contributed by atoms with Gasteiger partial charge in [0, 0.05) is 17.7 Å². The predicted molar refractivity (Wildman–Crippen MR) is 116 cm³/mol. The van der Waals surface area contributed by atoms with Crippen LogP contribution in [0.2, 0.25) is 0 Å². The molecule has 0 aliphatic carbocycles. The van der Waals surface area contributed by atoms with Gasteiger partial charge in [0.05, 0.1) is 14.2 Å². The van der Waals surface area contributed by atoms with E-state index in [-0.39, 0.29) is 0 Å². The number of hydrogen-bond donors (Lipinski definition) is 0. The average molecular weight is 386 g/mol. The number of para-hydroxylation sites is 1. The molecule has 4 nitrogen and oxygen atoms in total. The van der Waals surface area contributed by atoms with Crippen LogP contribution in [-0.2, 0) is 4.79 Å². The summed E-state index contributed by atoms with van der Waals surface area (Å²) in [5, 5.41) is 0.